The molecule has 5 heteroatoms. The van der Waals surface area contributed by atoms with Crippen LogP contribution in [-0.4, -0.2) is 24.5 Å². The Morgan fingerprint density at radius 2 is 1.86 bits per heavy atom. The van der Waals surface area contributed by atoms with Crippen molar-refractivity contribution in [1.29, 1.82) is 0 Å². The number of furan rings is 1. The first-order valence-electron chi connectivity index (χ1n) is 9.53. The zero-order valence-electron chi connectivity index (χ0n) is 16.7. The average Bonchev–Trinajstić information content (AvgIpc) is 3.26. The third-order valence-electron chi connectivity index (χ3n) is 4.36. The van der Waals surface area contributed by atoms with Crippen molar-refractivity contribution in [2.24, 2.45) is 0 Å². The summed E-state index contributed by atoms with van der Waals surface area (Å²) >= 11 is 0. The summed E-state index contributed by atoms with van der Waals surface area (Å²) in [6.45, 7) is 3.35. The van der Waals surface area contributed by atoms with E-state index in [9.17, 15) is 4.79 Å². The van der Waals surface area contributed by atoms with E-state index in [1.54, 1.807) is 30.4 Å². The summed E-state index contributed by atoms with van der Waals surface area (Å²) in [4.78, 5) is 14.7. The second-order valence-corrected chi connectivity index (χ2v) is 6.44. The van der Waals surface area contributed by atoms with Gasteiger partial charge in [0.15, 0.2) is 11.5 Å². The number of carbonyl (C=O) groups excluding carboxylic acids is 1. The first-order chi connectivity index (χ1) is 14.2. The van der Waals surface area contributed by atoms with E-state index >= 15 is 0 Å². The van der Waals surface area contributed by atoms with Crippen molar-refractivity contribution < 1.29 is 18.7 Å². The Morgan fingerprint density at radius 1 is 1.03 bits per heavy atom. The lowest BCUT2D eigenvalue weighted by atomic mass is 10.1. The van der Waals surface area contributed by atoms with Crippen LogP contribution in [0.2, 0.25) is 0 Å². The summed E-state index contributed by atoms with van der Waals surface area (Å²) in [6, 6.07) is 19.2. The highest BCUT2D eigenvalue weighted by Gasteiger charge is 2.14. The zero-order valence-corrected chi connectivity index (χ0v) is 16.7. The van der Waals surface area contributed by atoms with Gasteiger partial charge in [0.2, 0.25) is 5.91 Å². The third kappa shape index (κ3) is 5.75. The molecule has 150 valence electrons. The largest absolute Gasteiger partial charge is 0.493 e. The van der Waals surface area contributed by atoms with Crippen LogP contribution in [0, 0.1) is 0 Å². The Labute approximate surface area is 171 Å². The van der Waals surface area contributed by atoms with E-state index in [0.29, 0.717) is 31.2 Å². The second-order valence-electron chi connectivity index (χ2n) is 6.44. The van der Waals surface area contributed by atoms with Crippen LogP contribution in [0.1, 0.15) is 23.8 Å². The van der Waals surface area contributed by atoms with Gasteiger partial charge in [0.05, 0.1) is 26.5 Å². The van der Waals surface area contributed by atoms with Crippen LogP contribution in [-0.2, 0) is 17.9 Å². The highest BCUT2D eigenvalue weighted by molar-refractivity contribution is 5.91. The van der Waals surface area contributed by atoms with Crippen molar-refractivity contribution in [3.05, 3.63) is 89.9 Å². The molecule has 5 nitrogen and oxygen atoms in total. The Morgan fingerprint density at radius 3 is 2.55 bits per heavy atom. The van der Waals surface area contributed by atoms with Crippen molar-refractivity contribution in [3.63, 3.8) is 0 Å². The number of benzene rings is 2. The lowest BCUT2D eigenvalue weighted by molar-refractivity contribution is -0.127. The van der Waals surface area contributed by atoms with E-state index in [0.717, 1.165) is 16.9 Å². The van der Waals surface area contributed by atoms with E-state index in [-0.39, 0.29) is 5.91 Å². The Balaban J connectivity index is 1.77. The van der Waals surface area contributed by atoms with Crippen LogP contribution in [0.4, 0.5) is 0 Å². The van der Waals surface area contributed by atoms with Crippen LogP contribution in [0.15, 0.2) is 77.4 Å². The van der Waals surface area contributed by atoms with Crippen molar-refractivity contribution in [3.8, 4) is 11.5 Å². The molecule has 0 fully saturated rings. The Bertz CT molecular complexity index is 933. The lowest BCUT2D eigenvalue weighted by Crippen LogP contribution is -2.28. The quantitative estimate of drug-likeness (QED) is 0.486. The molecule has 0 aliphatic carbocycles. The molecule has 3 rings (SSSR count). The predicted molar refractivity (Wildman–Crippen MR) is 113 cm³/mol. The number of hydrogen-bond donors (Lipinski definition) is 0. The molecular formula is C24H25NO4. The number of methoxy groups -OCH3 is 1. The standard InChI is InChI=1S/C24H25NO4/c1-3-28-23-16-19(11-13-22(23)27-2)12-14-24(26)25(18-21-10-7-15-29-21)17-20-8-5-4-6-9-20/h4-16H,3,17-18H2,1-2H3/b14-12+. The summed E-state index contributed by atoms with van der Waals surface area (Å²) in [5.74, 6) is 1.96. The minimum Gasteiger partial charge on any atom is -0.493 e. The van der Waals surface area contributed by atoms with Crippen molar-refractivity contribution in [2.75, 3.05) is 13.7 Å². The van der Waals surface area contributed by atoms with Gasteiger partial charge in [-0.25, -0.2) is 0 Å². The van der Waals surface area contributed by atoms with E-state index in [2.05, 4.69) is 0 Å². The maximum atomic E-state index is 12.9. The molecular weight excluding hydrogens is 366 g/mol. The van der Waals surface area contributed by atoms with Gasteiger partial charge in [-0.15, -0.1) is 0 Å². The molecule has 0 unspecified atom stereocenters. The van der Waals surface area contributed by atoms with E-state index in [1.807, 2.05) is 67.6 Å². The fourth-order valence-corrected chi connectivity index (χ4v) is 2.94. The van der Waals surface area contributed by atoms with Crippen molar-refractivity contribution in [2.45, 2.75) is 20.0 Å². The molecule has 3 aromatic rings. The number of rotatable bonds is 9. The molecule has 2 aromatic carbocycles. The molecule has 0 saturated heterocycles. The molecule has 29 heavy (non-hydrogen) atoms. The number of carbonyl (C=O) groups is 1. The number of nitrogens with zero attached hydrogens (tertiary/aromatic N) is 1. The minimum atomic E-state index is -0.0981. The van der Waals surface area contributed by atoms with Crippen LogP contribution >= 0.6 is 0 Å². The van der Waals surface area contributed by atoms with Crippen LogP contribution in [0.5, 0.6) is 11.5 Å². The monoisotopic (exact) mass is 391 g/mol. The highest BCUT2D eigenvalue weighted by atomic mass is 16.5. The third-order valence-corrected chi connectivity index (χ3v) is 4.36. The molecule has 1 heterocycles. The van der Waals surface area contributed by atoms with Gasteiger partial charge in [-0.1, -0.05) is 36.4 Å². The van der Waals surface area contributed by atoms with Gasteiger partial charge in [-0.2, -0.15) is 0 Å². The maximum Gasteiger partial charge on any atom is 0.247 e. The first-order valence-corrected chi connectivity index (χ1v) is 9.53. The molecule has 0 saturated carbocycles. The van der Waals surface area contributed by atoms with Gasteiger partial charge in [0.25, 0.3) is 0 Å². The summed E-state index contributed by atoms with van der Waals surface area (Å²) in [5, 5.41) is 0. The fourth-order valence-electron chi connectivity index (χ4n) is 2.94. The number of hydrogen-bond acceptors (Lipinski definition) is 4. The normalized spacial score (nSPS) is 10.8. The average molecular weight is 391 g/mol. The predicted octanol–water partition coefficient (Wildman–Crippen LogP) is 4.93. The van der Waals surface area contributed by atoms with Gasteiger partial charge in [0, 0.05) is 12.6 Å². The topological polar surface area (TPSA) is 51.9 Å². The highest BCUT2D eigenvalue weighted by Crippen LogP contribution is 2.28. The van der Waals surface area contributed by atoms with Gasteiger partial charge in [-0.3, -0.25) is 4.79 Å². The van der Waals surface area contributed by atoms with Crippen LogP contribution < -0.4 is 9.47 Å². The SMILES string of the molecule is CCOc1cc(/C=C/C(=O)N(Cc2ccccc2)Cc2ccco2)ccc1OC. The van der Waals surface area contributed by atoms with Gasteiger partial charge in [-0.05, 0) is 48.4 Å². The van der Waals surface area contributed by atoms with Gasteiger partial charge in [0.1, 0.15) is 5.76 Å². The van der Waals surface area contributed by atoms with E-state index < -0.39 is 0 Å². The zero-order chi connectivity index (χ0) is 20.5. The molecule has 1 amide bonds. The van der Waals surface area contributed by atoms with Gasteiger partial charge >= 0.3 is 0 Å². The van der Waals surface area contributed by atoms with Crippen LogP contribution in [0.25, 0.3) is 6.08 Å². The van der Waals surface area contributed by atoms with E-state index in [4.69, 9.17) is 13.9 Å². The Hall–Kier alpha value is -3.47. The molecule has 0 radical (unpaired) electrons. The minimum absolute atomic E-state index is 0.0981. The van der Waals surface area contributed by atoms with Crippen molar-refractivity contribution in [1.82, 2.24) is 4.90 Å². The molecule has 0 bridgehead atoms. The maximum absolute atomic E-state index is 12.9. The van der Waals surface area contributed by atoms with Crippen molar-refractivity contribution >= 4 is 12.0 Å². The lowest BCUT2D eigenvalue weighted by Gasteiger charge is -2.20. The Kier molecular flexibility index (Phi) is 7.11. The molecule has 1 aromatic heterocycles. The van der Waals surface area contributed by atoms with Crippen LogP contribution in [0.3, 0.4) is 0 Å². The molecule has 0 aliphatic heterocycles. The summed E-state index contributed by atoms with van der Waals surface area (Å²) in [6.07, 6.45) is 4.97. The summed E-state index contributed by atoms with van der Waals surface area (Å²) in [7, 11) is 1.60. The number of amides is 1. The summed E-state index contributed by atoms with van der Waals surface area (Å²) in [5.41, 5.74) is 1.92. The smallest absolute Gasteiger partial charge is 0.247 e. The molecule has 0 aliphatic rings. The fraction of sp³-hybridized carbons (Fsp3) is 0.208. The molecule has 0 N–H and O–H groups in total. The number of ether oxygens (including phenoxy) is 2. The molecule has 0 spiro atoms. The summed E-state index contributed by atoms with van der Waals surface area (Å²) < 4.78 is 16.3. The second kappa shape index (κ2) is 10.2. The van der Waals surface area contributed by atoms with Gasteiger partial charge < -0.3 is 18.8 Å². The first kappa shape index (κ1) is 20.3. The molecule has 0 atom stereocenters. The van der Waals surface area contributed by atoms with E-state index in [1.165, 1.54) is 0 Å².